The van der Waals surface area contributed by atoms with Crippen LogP contribution in [0.4, 0.5) is 0 Å². The molecule has 0 aliphatic heterocycles. The number of thiophene rings is 1. The van der Waals surface area contributed by atoms with Gasteiger partial charge in [0.05, 0.1) is 11.6 Å². The maximum atomic E-state index is 12.8. The quantitative estimate of drug-likeness (QED) is 0.328. The number of pyridine rings is 1. The van der Waals surface area contributed by atoms with Gasteiger partial charge in [0, 0.05) is 48.0 Å². The topological polar surface area (TPSA) is 89.4 Å². The van der Waals surface area contributed by atoms with Gasteiger partial charge in [-0.3, -0.25) is 4.79 Å². The molecule has 4 aromatic rings. The number of aryl methyl sites for hydroxylation is 1. The number of aromatic nitrogens is 1. The molecule has 178 valence electrons. The molecule has 0 bridgehead atoms. The molecule has 9 heteroatoms. The lowest BCUT2D eigenvalue weighted by molar-refractivity contribution is 0.306. The lowest BCUT2D eigenvalue weighted by atomic mass is 10.1. The van der Waals surface area contributed by atoms with Crippen molar-refractivity contribution in [3.8, 4) is 16.9 Å². The number of rotatable bonds is 10. The van der Waals surface area contributed by atoms with Gasteiger partial charge in [-0.2, -0.15) is 0 Å². The van der Waals surface area contributed by atoms with Gasteiger partial charge in [0.15, 0.2) is 0 Å². The molecule has 2 aromatic heterocycles. The third kappa shape index (κ3) is 6.12. The van der Waals surface area contributed by atoms with Crippen LogP contribution in [0, 0.1) is 0 Å². The van der Waals surface area contributed by atoms with E-state index in [0.717, 1.165) is 38.3 Å². The van der Waals surface area contributed by atoms with E-state index in [2.05, 4.69) is 10.0 Å². The second-order valence-corrected chi connectivity index (χ2v) is 11.0. The number of fused-ring (bicyclic) bond motifs is 1. The minimum atomic E-state index is -3.20. The average Bonchev–Trinajstić information content (AvgIpc) is 3.24. The smallest absolute Gasteiger partial charge is 0.259 e. The van der Waals surface area contributed by atoms with Crippen LogP contribution in [0.1, 0.15) is 10.4 Å². The highest BCUT2D eigenvalue weighted by Gasteiger charge is 2.14. The third-order valence-electron chi connectivity index (χ3n) is 5.26. The summed E-state index contributed by atoms with van der Waals surface area (Å²) in [6.07, 6.45) is 3.00. The van der Waals surface area contributed by atoms with Gasteiger partial charge in [-0.15, -0.1) is 11.3 Å². The minimum absolute atomic E-state index is 0.0449. The van der Waals surface area contributed by atoms with E-state index in [1.165, 1.54) is 0 Å². The average molecular weight is 498 g/mol. The van der Waals surface area contributed by atoms with Gasteiger partial charge in [0.25, 0.3) is 5.56 Å². The number of nitrogens with zero attached hydrogens (tertiary/aromatic N) is 1. The summed E-state index contributed by atoms with van der Waals surface area (Å²) in [6, 6.07) is 19.8. The van der Waals surface area contributed by atoms with Crippen LogP contribution in [0.25, 0.3) is 21.2 Å². The predicted molar refractivity (Wildman–Crippen MR) is 138 cm³/mol. The Morgan fingerprint density at radius 2 is 1.82 bits per heavy atom. The molecule has 0 amide bonds. The van der Waals surface area contributed by atoms with Crippen molar-refractivity contribution in [3.05, 3.63) is 87.7 Å². The molecule has 0 atom stereocenters. The maximum absolute atomic E-state index is 12.8. The number of hydrogen-bond donors (Lipinski definition) is 2. The summed E-state index contributed by atoms with van der Waals surface area (Å²) >= 11 is 1.57. The molecule has 2 aromatic carbocycles. The molecular weight excluding hydrogens is 470 g/mol. The van der Waals surface area contributed by atoms with Gasteiger partial charge in [-0.1, -0.05) is 42.5 Å². The fourth-order valence-corrected chi connectivity index (χ4v) is 5.25. The Kier molecular flexibility index (Phi) is 7.47. The lowest BCUT2D eigenvalue weighted by Gasteiger charge is -2.10. The van der Waals surface area contributed by atoms with Crippen molar-refractivity contribution in [1.82, 2.24) is 14.6 Å². The standard InChI is InChI=1S/C25H27N3O4S2/c1-28-16-23(19-9-6-10-20(13-19)32-17-18-7-4-3-5-8-18)24-22(25(28)29)14-21(33-24)15-26-11-12-27-34(2,30)31/h3-10,13-14,16,26-27H,11-12,15,17H2,1-2H3. The van der Waals surface area contributed by atoms with Crippen LogP contribution in [0.2, 0.25) is 0 Å². The number of ether oxygens (including phenoxy) is 1. The fraction of sp³-hybridized carbons (Fsp3) is 0.240. The Hall–Kier alpha value is -2.98. The van der Waals surface area contributed by atoms with Gasteiger partial charge in [0.2, 0.25) is 10.0 Å². The molecule has 2 N–H and O–H groups in total. The first-order valence-corrected chi connectivity index (χ1v) is 13.6. The predicted octanol–water partition coefficient (Wildman–Crippen LogP) is 3.48. The van der Waals surface area contributed by atoms with Gasteiger partial charge in [0.1, 0.15) is 12.4 Å². The SMILES string of the molecule is Cn1cc(-c2cccc(OCc3ccccc3)c2)c2sc(CNCCNS(C)(=O)=O)cc2c1=O. The summed E-state index contributed by atoms with van der Waals surface area (Å²) in [6.45, 7) is 1.84. The molecule has 0 saturated carbocycles. The van der Waals surface area contributed by atoms with Crippen LogP contribution in [0.3, 0.4) is 0 Å². The highest BCUT2D eigenvalue weighted by Crippen LogP contribution is 2.34. The molecule has 4 rings (SSSR count). The Morgan fingerprint density at radius 1 is 1.03 bits per heavy atom. The van der Waals surface area contributed by atoms with Crippen LogP contribution in [0.5, 0.6) is 5.75 Å². The summed E-state index contributed by atoms with van der Waals surface area (Å²) in [5.74, 6) is 0.764. The summed E-state index contributed by atoms with van der Waals surface area (Å²) < 4.78 is 33.3. The normalized spacial score (nSPS) is 11.7. The van der Waals surface area contributed by atoms with Crippen molar-refractivity contribution in [1.29, 1.82) is 0 Å². The summed E-state index contributed by atoms with van der Waals surface area (Å²) in [5, 5.41) is 3.90. The first-order valence-electron chi connectivity index (χ1n) is 10.8. The Balaban J connectivity index is 1.55. The molecule has 0 saturated heterocycles. The Bertz CT molecular complexity index is 1440. The third-order valence-corrected chi connectivity index (χ3v) is 7.16. The van der Waals surface area contributed by atoms with Gasteiger partial charge in [-0.25, -0.2) is 13.1 Å². The van der Waals surface area contributed by atoms with Crippen molar-refractivity contribution < 1.29 is 13.2 Å². The van der Waals surface area contributed by atoms with Crippen LogP contribution in [-0.4, -0.2) is 32.3 Å². The molecule has 0 radical (unpaired) electrons. The molecular formula is C25H27N3O4S2. The molecule has 7 nitrogen and oxygen atoms in total. The largest absolute Gasteiger partial charge is 0.489 e. The molecule has 0 fully saturated rings. The van der Waals surface area contributed by atoms with Crippen molar-refractivity contribution in [3.63, 3.8) is 0 Å². The zero-order chi connectivity index (χ0) is 24.1. The van der Waals surface area contributed by atoms with Crippen LogP contribution >= 0.6 is 11.3 Å². The van der Waals surface area contributed by atoms with E-state index in [0.29, 0.717) is 31.6 Å². The van der Waals surface area contributed by atoms with Crippen molar-refractivity contribution >= 4 is 31.4 Å². The molecule has 0 aliphatic carbocycles. The minimum Gasteiger partial charge on any atom is -0.489 e. The van der Waals surface area contributed by atoms with Crippen LogP contribution < -0.4 is 20.3 Å². The van der Waals surface area contributed by atoms with E-state index >= 15 is 0 Å². The number of hydrogen-bond acceptors (Lipinski definition) is 6. The fourth-order valence-electron chi connectivity index (χ4n) is 3.63. The zero-order valence-corrected chi connectivity index (χ0v) is 20.7. The second kappa shape index (κ2) is 10.5. The second-order valence-electron chi connectivity index (χ2n) is 8.06. The molecule has 2 heterocycles. The van der Waals surface area contributed by atoms with Crippen LogP contribution in [-0.2, 0) is 30.2 Å². The van der Waals surface area contributed by atoms with E-state index in [9.17, 15) is 13.2 Å². The highest BCUT2D eigenvalue weighted by atomic mass is 32.2. The van der Waals surface area contributed by atoms with Crippen molar-refractivity contribution in [2.45, 2.75) is 13.2 Å². The van der Waals surface area contributed by atoms with E-state index in [-0.39, 0.29) is 5.56 Å². The number of benzene rings is 2. The summed E-state index contributed by atoms with van der Waals surface area (Å²) in [7, 11) is -1.44. The molecule has 34 heavy (non-hydrogen) atoms. The van der Waals surface area contributed by atoms with Gasteiger partial charge in [-0.05, 0) is 29.3 Å². The molecule has 0 aliphatic rings. The summed E-state index contributed by atoms with van der Waals surface area (Å²) in [4.78, 5) is 13.8. The Morgan fingerprint density at radius 3 is 2.59 bits per heavy atom. The lowest BCUT2D eigenvalue weighted by Crippen LogP contribution is -2.30. The van der Waals surface area contributed by atoms with E-state index in [4.69, 9.17) is 4.74 Å². The highest BCUT2D eigenvalue weighted by molar-refractivity contribution is 7.88. The maximum Gasteiger partial charge on any atom is 0.259 e. The van der Waals surface area contributed by atoms with Gasteiger partial charge < -0.3 is 14.6 Å². The van der Waals surface area contributed by atoms with E-state index in [1.807, 2.05) is 66.9 Å². The molecule has 0 spiro atoms. The molecule has 0 unspecified atom stereocenters. The van der Waals surface area contributed by atoms with Crippen molar-refractivity contribution in [2.24, 2.45) is 7.05 Å². The Labute approximate surface area is 203 Å². The monoisotopic (exact) mass is 497 g/mol. The first kappa shape index (κ1) is 24.2. The van der Waals surface area contributed by atoms with E-state index < -0.39 is 10.0 Å². The zero-order valence-electron chi connectivity index (χ0n) is 19.1. The van der Waals surface area contributed by atoms with Crippen LogP contribution in [0.15, 0.2) is 71.7 Å². The number of sulfonamides is 1. The van der Waals surface area contributed by atoms with Gasteiger partial charge >= 0.3 is 0 Å². The first-order chi connectivity index (χ1) is 16.3. The summed E-state index contributed by atoms with van der Waals surface area (Å²) in [5.41, 5.74) is 3.00. The number of nitrogens with one attached hydrogen (secondary N) is 2. The van der Waals surface area contributed by atoms with Crippen molar-refractivity contribution in [2.75, 3.05) is 19.3 Å². The van der Waals surface area contributed by atoms with E-state index in [1.54, 1.807) is 23.0 Å².